The molecule has 2 aliphatic heterocycles. The lowest BCUT2D eigenvalue weighted by atomic mass is 9.94. The summed E-state index contributed by atoms with van der Waals surface area (Å²) in [5.74, 6) is -0.935. The van der Waals surface area contributed by atoms with Crippen LogP contribution in [0, 0.1) is 13.8 Å². The van der Waals surface area contributed by atoms with Gasteiger partial charge in [-0.05, 0) is 141 Å². The average Bonchev–Trinajstić information content (AvgIpc) is 3.99. The summed E-state index contributed by atoms with van der Waals surface area (Å²) in [6.45, 7) is 11.5. The maximum absolute atomic E-state index is 13.6. The Kier molecular flexibility index (Phi) is 10.2. The predicted octanol–water partition coefficient (Wildman–Crippen LogP) is 7.35. The number of rotatable bonds is 10. The van der Waals surface area contributed by atoms with Crippen LogP contribution in [0.2, 0.25) is 0 Å². The van der Waals surface area contributed by atoms with E-state index in [0.29, 0.717) is 47.7 Å². The number of carbonyl (C=O) groups is 3. The highest BCUT2D eigenvalue weighted by atomic mass is 16.4. The van der Waals surface area contributed by atoms with Gasteiger partial charge in [-0.1, -0.05) is 30.7 Å². The van der Waals surface area contributed by atoms with E-state index < -0.39 is 12.0 Å². The summed E-state index contributed by atoms with van der Waals surface area (Å²) in [5.41, 5.74) is 10.3. The van der Waals surface area contributed by atoms with Gasteiger partial charge in [-0.2, -0.15) is 0 Å². The molecule has 1 saturated heterocycles. The van der Waals surface area contributed by atoms with E-state index in [0.717, 1.165) is 85.1 Å². The SMILES string of the molecule is Cc1c(NC(=O)c2cc3c(cn2)CN(C(C)C)CC3)cccc1-c1cccc(NC(=O)c2cc(C3CC3)c(CN3CCCC[C@H]3C(=O)O)cn2)c1C. The zero-order valence-electron chi connectivity index (χ0n) is 30.5. The number of pyridine rings is 2. The summed E-state index contributed by atoms with van der Waals surface area (Å²) in [7, 11) is 0. The van der Waals surface area contributed by atoms with Crippen molar-refractivity contribution in [2.24, 2.45) is 0 Å². The van der Waals surface area contributed by atoms with Gasteiger partial charge >= 0.3 is 5.97 Å². The molecule has 3 aliphatic rings. The van der Waals surface area contributed by atoms with Crippen LogP contribution in [0.4, 0.5) is 11.4 Å². The normalized spacial score (nSPS) is 17.8. The first-order valence-corrected chi connectivity index (χ1v) is 18.6. The Morgan fingerprint density at radius 2 is 1.46 bits per heavy atom. The van der Waals surface area contributed by atoms with Crippen molar-refractivity contribution in [2.75, 3.05) is 23.7 Å². The lowest BCUT2D eigenvalue weighted by Crippen LogP contribution is -2.44. The summed E-state index contributed by atoms with van der Waals surface area (Å²) in [4.78, 5) is 52.5. The largest absolute Gasteiger partial charge is 0.480 e. The lowest BCUT2D eigenvalue weighted by Gasteiger charge is -2.33. The van der Waals surface area contributed by atoms with Crippen LogP contribution in [0.5, 0.6) is 0 Å². The van der Waals surface area contributed by atoms with Crippen LogP contribution >= 0.6 is 0 Å². The van der Waals surface area contributed by atoms with Gasteiger partial charge in [0.05, 0.1) is 0 Å². The Hall–Kier alpha value is -4.93. The van der Waals surface area contributed by atoms with Gasteiger partial charge < -0.3 is 15.7 Å². The van der Waals surface area contributed by atoms with Gasteiger partial charge in [-0.25, -0.2) is 0 Å². The van der Waals surface area contributed by atoms with Crippen LogP contribution in [-0.4, -0.2) is 67.8 Å². The molecule has 270 valence electrons. The summed E-state index contributed by atoms with van der Waals surface area (Å²) < 4.78 is 0. The van der Waals surface area contributed by atoms with E-state index in [4.69, 9.17) is 0 Å². The number of carbonyl (C=O) groups excluding carboxylic acids is 2. The topological polar surface area (TPSA) is 128 Å². The first-order valence-electron chi connectivity index (χ1n) is 18.6. The Morgan fingerprint density at radius 1 is 0.827 bits per heavy atom. The number of benzene rings is 2. The molecule has 52 heavy (non-hydrogen) atoms. The third-order valence-corrected chi connectivity index (χ3v) is 11.1. The molecular formula is C42H48N6O4. The second kappa shape index (κ2) is 15.0. The van der Waals surface area contributed by atoms with Crippen molar-refractivity contribution in [3.63, 3.8) is 0 Å². The number of nitrogens with zero attached hydrogens (tertiary/aromatic N) is 4. The number of nitrogens with one attached hydrogen (secondary N) is 2. The average molecular weight is 701 g/mol. The van der Waals surface area contributed by atoms with Crippen molar-refractivity contribution in [3.05, 3.63) is 106 Å². The van der Waals surface area contributed by atoms with Gasteiger partial charge in [0, 0.05) is 49.4 Å². The molecule has 3 N–H and O–H groups in total. The predicted molar refractivity (Wildman–Crippen MR) is 203 cm³/mol. The fourth-order valence-corrected chi connectivity index (χ4v) is 7.73. The number of aliphatic carboxylic acids is 1. The maximum atomic E-state index is 13.6. The number of anilines is 2. The number of hydrogen-bond acceptors (Lipinski definition) is 7. The van der Waals surface area contributed by atoms with Crippen molar-refractivity contribution in [3.8, 4) is 11.1 Å². The van der Waals surface area contributed by atoms with Gasteiger partial charge in [0.15, 0.2) is 0 Å². The number of carboxylic acid groups (broad SMARTS) is 1. The van der Waals surface area contributed by atoms with E-state index in [1.165, 1.54) is 11.1 Å². The first kappa shape index (κ1) is 35.5. The van der Waals surface area contributed by atoms with Crippen molar-refractivity contribution in [1.29, 1.82) is 0 Å². The van der Waals surface area contributed by atoms with Gasteiger partial charge in [-0.15, -0.1) is 0 Å². The van der Waals surface area contributed by atoms with E-state index in [1.807, 2.05) is 73.5 Å². The summed E-state index contributed by atoms with van der Waals surface area (Å²) in [6, 6.07) is 15.5. The minimum absolute atomic E-state index is 0.242. The summed E-state index contributed by atoms with van der Waals surface area (Å²) in [5, 5.41) is 16.0. The fourth-order valence-electron chi connectivity index (χ4n) is 7.73. The van der Waals surface area contributed by atoms with Crippen LogP contribution in [0.15, 0.2) is 60.9 Å². The second-order valence-corrected chi connectivity index (χ2v) is 14.9. The number of likely N-dealkylation sites (tertiary alicyclic amines) is 1. The second-order valence-electron chi connectivity index (χ2n) is 14.9. The van der Waals surface area contributed by atoms with Crippen molar-refractivity contribution in [2.45, 2.75) is 97.3 Å². The van der Waals surface area contributed by atoms with E-state index in [1.54, 1.807) is 6.20 Å². The number of piperidine rings is 1. The minimum atomic E-state index is -0.776. The summed E-state index contributed by atoms with van der Waals surface area (Å²) >= 11 is 0. The Bertz CT molecular complexity index is 2020. The van der Waals surface area contributed by atoms with Gasteiger partial charge in [0.1, 0.15) is 17.4 Å². The highest BCUT2D eigenvalue weighted by Crippen LogP contribution is 2.42. The highest BCUT2D eigenvalue weighted by Gasteiger charge is 2.32. The van der Waals surface area contributed by atoms with E-state index in [2.05, 4.69) is 39.3 Å². The number of carboxylic acids is 1. The fraction of sp³-hybridized carbons (Fsp3) is 0.405. The van der Waals surface area contributed by atoms with E-state index in [9.17, 15) is 19.5 Å². The molecule has 4 aromatic rings. The lowest BCUT2D eigenvalue weighted by molar-refractivity contribution is -0.144. The quantitative estimate of drug-likeness (QED) is 0.157. The van der Waals surface area contributed by atoms with Crippen molar-refractivity contribution in [1.82, 2.24) is 19.8 Å². The molecule has 0 bridgehead atoms. The van der Waals surface area contributed by atoms with E-state index in [-0.39, 0.29) is 11.8 Å². The van der Waals surface area contributed by atoms with Crippen LogP contribution in [0.3, 0.4) is 0 Å². The van der Waals surface area contributed by atoms with Crippen molar-refractivity contribution >= 4 is 29.2 Å². The highest BCUT2D eigenvalue weighted by molar-refractivity contribution is 6.05. The Labute approximate surface area is 305 Å². The molecule has 1 atom stereocenters. The van der Waals surface area contributed by atoms with Crippen LogP contribution in [-0.2, 0) is 24.3 Å². The number of fused-ring (bicyclic) bond motifs is 1. The molecule has 0 unspecified atom stereocenters. The molecule has 2 amide bonds. The third kappa shape index (κ3) is 7.49. The van der Waals surface area contributed by atoms with Crippen LogP contribution < -0.4 is 10.6 Å². The number of hydrogen-bond donors (Lipinski definition) is 3. The molecule has 1 aliphatic carbocycles. The smallest absolute Gasteiger partial charge is 0.320 e. The molecule has 2 aromatic heterocycles. The molecular weight excluding hydrogens is 653 g/mol. The number of aromatic nitrogens is 2. The maximum Gasteiger partial charge on any atom is 0.320 e. The Balaban J connectivity index is 1.07. The molecule has 4 heterocycles. The summed E-state index contributed by atoms with van der Waals surface area (Å²) in [6.07, 6.45) is 9.18. The van der Waals surface area contributed by atoms with Gasteiger partial charge in [0.2, 0.25) is 0 Å². The molecule has 2 fully saturated rings. The molecule has 0 spiro atoms. The minimum Gasteiger partial charge on any atom is -0.480 e. The zero-order valence-corrected chi connectivity index (χ0v) is 30.5. The third-order valence-electron chi connectivity index (χ3n) is 11.1. The number of amides is 2. The standard InChI is InChI=1S/C42H48N6O4/c1-25(2)47-18-16-29-19-37(43-21-30(29)23-47)40(49)45-35-11-7-9-32(26(35)3)33-10-8-12-36(27(33)4)46-41(50)38-20-34(28-14-15-28)31(22-44-38)24-48-17-6-5-13-39(48)42(51)52/h7-12,19-22,25,28,39H,5-6,13-18,23-24H2,1-4H3,(H,45,49)(H,46,50)(H,51,52)/t39-/m0/s1. The first-order chi connectivity index (χ1) is 25.1. The molecule has 10 heteroatoms. The van der Waals surface area contributed by atoms with Gasteiger partial charge in [0.25, 0.3) is 11.8 Å². The molecule has 2 aromatic carbocycles. The molecule has 1 saturated carbocycles. The Morgan fingerprint density at radius 3 is 2.08 bits per heavy atom. The molecule has 7 rings (SSSR count). The van der Waals surface area contributed by atoms with E-state index >= 15 is 0 Å². The zero-order chi connectivity index (χ0) is 36.5. The monoisotopic (exact) mass is 700 g/mol. The van der Waals surface area contributed by atoms with Crippen LogP contribution in [0.1, 0.15) is 106 Å². The van der Waals surface area contributed by atoms with Gasteiger partial charge in [-0.3, -0.25) is 34.2 Å². The van der Waals surface area contributed by atoms with Crippen LogP contribution in [0.25, 0.3) is 11.1 Å². The molecule has 10 nitrogen and oxygen atoms in total. The molecule has 0 radical (unpaired) electrons. The van der Waals surface area contributed by atoms with Crippen molar-refractivity contribution < 1.29 is 19.5 Å².